The molecule has 2 heterocycles. The van der Waals surface area contributed by atoms with Crippen molar-refractivity contribution in [2.45, 2.75) is 17.9 Å². The number of amides is 1. The quantitative estimate of drug-likeness (QED) is 0.607. The van der Waals surface area contributed by atoms with Gasteiger partial charge in [-0.1, -0.05) is 24.3 Å². The summed E-state index contributed by atoms with van der Waals surface area (Å²) in [6.07, 6.45) is 0.697. The van der Waals surface area contributed by atoms with Crippen molar-refractivity contribution in [2.24, 2.45) is 0 Å². The molecule has 0 radical (unpaired) electrons. The van der Waals surface area contributed by atoms with Crippen LogP contribution >= 0.6 is 0 Å². The van der Waals surface area contributed by atoms with Crippen LogP contribution in [0.25, 0.3) is 0 Å². The van der Waals surface area contributed by atoms with Gasteiger partial charge in [0.05, 0.1) is 11.5 Å². The molecular formula is C17H16N2O3. The predicted octanol–water partition coefficient (Wildman–Crippen LogP) is 2.02. The normalized spacial score (nSPS) is 26.2. The molecule has 2 aromatic carbocycles. The van der Waals surface area contributed by atoms with E-state index in [0.717, 1.165) is 16.8 Å². The molecule has 0 aromatic heterocycles. The van der Waals surface area contributed by atoms with Gasteiger partial charge in [-0.2, -0.15) is 0 Å². The summed E-state index contributed by atoms with van der Waals surface area (Å²) in [5.41, 5.74) is 1.96. The fourth-order valence-corrected chi connectivity index (χ4v) is 3.73. The van der Waals surface area contributed by atoms with Crippen LogP contribution in [-0.4, -0.2) is 22.7 Å². The number of carbonyl (C=O) groups is 1. The fraction of sp³-hybridized carbons (Fsp3) is 0.235. The lowest BCUT2D eigenvalue weighted by Gasteiger charge is -2.29. The van der Waals surface area contributed by atoms with Gasteiger partial charge in [-0.3, -0.25) is 4.79 Å². The molecule has 0 aliphatic carbocycles. The number of aromatic hydroxyl groups is 2. The van der Waals surface area contributed by atoms with Crippen LogP contribution in [-0.2, 0) is 10.2 Å². The Morgan fingerprint density at radius 2 is 1.91 bits per heavy atom. The first-order valence-electron chi connectivity index (χ1n) is 7.29. The third-order valence-corrected chi connectivity index (χ3v) is 4.75. The number of phenols is 2. The van der Waals surface area contributed by atoms with Gasteiger partial charge in [-0.05, 0) is 42.3 Å². The highest BCUT2D eigenvalue weighted by atomic mass is 16.3. The second kappa shape index (κ2) is 4.48. The van der Waals surface area contributed by atoms with E-state index < -0.39 is 5.41 Å². The van der Waals surface area contributed by atoms with Gasteiger partial charge in [0.25, 0.3) is 0 Å². The Hall–Kier alpha value is -2.53. The average molecular weight is 296 g/mol. The summed E-state index contributed by atoms with van der Waals surface area (Å²) in [6.45, 7) is 0.716. The number of carbonyl (C=O) groups excluding carboxylic acids is 1. The largest absolute Gasteiger partial charge is 0.504 e. The molecule has 1 amide bonds. The number of hydrogen-bond donors (Lipinski definition) is 4. The lowest BCUT2D eigenvalue weighted by molar-refractivity contribution is -0.121. The molecule has 4 N–H and O–H groups in total. The van der Waals surface area contributed by atoms with E-state index in [2.05, 4.69) is 10.6 Å². The van der Waals surface area contributed by atoms with Crippen LogP contribution in [0.1, 0.15) is 23.6 Å². The topological polar surface area (TPSA) is 81.6 Å². The number of nitrogens with one attached hydrogen (secondary N) is 2. The van der Waals surface area contributed by atoms with Gasteiger partial charge in [0.2, 0.25) is 5.91 Å². The number of phenolic OH excluding ortho intramolecular Hbond substituents is 2. The van der Waals surface area contributed by atoms with E-state index in [0.29, 0.717) is 13.0 Å². The van der Waals surface area contributed by atoms with Gasteiger partial charge in [0.15, 0.2) is 11.5 Å². The molecule has 5 heteroatoms. The Bertz CT molecular complexity index is 774. The molecule has 1 fully saturated rings. The first kappa shape index (κ1) is 13.2. The van der Waals surface area contributed by atoms with Gasteiger partial charge in [0.1, 0.15) is 0 Å². The number of anilines is 1. The van der Waals surface area contributed by atoms with Crippen molar-refractivity contribution < 1.29 is 15.0 Å². The van der Waals surface area contributed by atoms with E-state index in [9.17, 15) is 15.0 Å². The van der Waals surface area contributed by atoms with Crippen LogP contribution in [0.2, 0.25) is 0 Å². The third kappa shape index (κ3) is 1.60. The molecule has 2 atom stereocenters. The van der Waals surface area contributed by atoms with E-state index >= 15 is 0 Å². The van der Waals surface area contributed by atoms with Gasteiger partial charge in [-0.25, -0.2) is 0 Å². The van der Waals surface area contributed by atoms with Crippen molar-refractivity contribution in [3.8, 4) is 11.5 Å². The Kier molecular flexibility index (Phi) is 2.68. The van der Waals surface area contributed by atoms with E-state index in [1.807, 2.05) is 24.3 Å². The first-order valence-corrected chi connectivity index (χ1v) is 7.29. The van der Waals surface area contributed by atoms with Gasteiger partial charge in [-0.15, -0.1) is 0 Å². The molecule has 0 bridgehead atoms. The van der Waals surface area contributed by atoms with Crippen molar-refractivity contribution in [3.63, 3.8) is 0 Å². The lowest BCUT2D eigenvalue weighted by Crippen LogP contribution is -2.39. The van der Waals surface area contributed by atoms with Crippen LogP contribution in [0.5, 0.6) is 11.5 Å². The van der Waals surface area contributed by atoms with E-state index in [1.165, 1.54) is 12.1 Å². The average Bonchev–Trinajstić information content (AvgIpc) is 3.07. The minimum Gasteiger partial charge on any atom is -0.504 e. The molecule has 1 spiro atoms. The molecule has 2 aliphatic rings. The summed E-state index contributed by atoms with van der Waals surface area (Å²) in [4.78, 5) is 12.7. The monoisotopic (exact) mass is 296 g/mol. The van der Waals surface area contributed by atoms with Crippen LogP contribution in [0.15, 0.2) is 42.5 Å². The summed E-state index contributed by atoms with van der Waals surface area (Å²) < 4.78 is 0. The molecule has 2 aliphatic heterocycles. The molecule has 4 rings (SSSR count). The Balaban J connectivity index is 1.87. The van der Waals surface area contributed by atoms with Crippen LogP contribution in [0.4, 0.5) is 5.69 Å². The zero-order chi connectivity index (χ0) is 15.3. The highest BCUT2D eigenvalue weighted by Crippen LogP contribution is 2.51. The maximum atomic E-state index is 12.7. The van der Waals surface area contributed by atoms with Crippen molar-refractivity contribution in [1.29, 1.82) is 0 Å². The van der Waals surface area contributed by atoms with E-state index in [4.69, 9.17) is 0 Å². The summed E-state index contributed by atoms with van der Waals surface area (Å²) in [7, 11) is 0. The number of para-hydroxylation sites is 1. The summed E-state index contributed by atoms with van der Waals surface area (Å²) in [5.74, 6) is -0.351. The maximum absolute atomic E-state index is 12.7. The van der Waals surface area contributed by atoms with Crippen LogP contribution < -0.4 is 10.6 Å². The second-order valence-electron chi connectivity index (χ2n) is 5.86. The van der Waals surface area contributed by atoms with Gasteiger partial charge >= 0.3 is 0 Å². The Morgan fingerprint density at radius 3 is 2.73 bits per heavy atom. The van der Waals surface area contributed by atoms with Crippen LogP contribution in [0.3, 0.4) is 0 Å². The third-order valence-electron chi connectivity index (χ3n) is 4.75. The molecule has 0 unspecified atom stereocenters. The highest BCUT2D eigenvalue weighted by Gasteiger charge is 2.55. The zero-order valence-electron chi connectivity index (χ0n) is 11.8. The predicted molar refractivity (Wildman–Crippen MR) is 81.9 cm³/mol. The fourth-order valence-electron chi connectivity index (χ4n) is 3.73. The Morgan fingerprint density at radius 1 is 1.09 bits per heavy atom. The molecule has 22 heavy (non-hydrogen) atoms. The zero-order valence-corrected chi connectivity index (χ0v) is 11.8. The molecule has 5 nitrogen and oxygen atoms in total. The standard InChI is InChI=1S/C17H16N2O3/c20-13-6-5-10(9-14(13)21)15-17(7-8-18-15)11-3-1-2-4-12(11)19-16(17)22/h1-6,9,15,18,20-21H,7-8H2,(H,19,22)/t15-,17-/m1/s1. The first-order chi connectivity index (χ1) is 10.6. The van der Waals surface area contributed by atoms with Crippen molar-refractivity contribution in [2.75, 3.05) is 11.9 Å². The SMILES string of the molecule is O=C1Nc2ccccc2[C@@]12CCN[C@@H]2c1ccc(O)c(O)c1. The maximum Gasteiger partial charge on any atom is 0.237 e. The van der Waals surface area contributed by atoms with Crippen molar-refractivity contribution in [1.82, 2.24) is 5.32 Å². The highest BCUT2D eigenvalue weighted by molar-refractivity contribution is 6.07. The summed E-state index contributed by atoms with van der Waals surface area (Å²) >= 11 is 0. The summed E-state index contributed by atoms with van der Waals surface area (Å²) in [6, 6.07) is 12.2. The number of benzene rings is 2. The number of fused-ring (bicyclic) bond motifs is 2. The molecule has 112 valence electrons. The van der Waals surface area contributed by atoms with Crippen molar-refractivity contribution >= 4 is 11.6 Å². The molecule has 2 aromatic rings. The Labute approximate surface area is 127 Å². The van der Waals surface area contributed by atoms with E-state index in [-0.39, 0.29) is 23.4 Å². The van der Waals surface area contributed by atoms with Crippen molar-refractivity contribution in [3.05, 3.63) is 53.6 Å². The smallest absolute Gasteiger partial charge is 0.237 e. The van der Waals surface area contributed by atoms with Gasteiger partial charge < -0.3 is 20.8 Å². The number of rotatable bonds is 1. The lowest BCUT2D eigenvalue weighted by atomic mass is 9.73. The number of hydrogen-bond acceptors (Lipinski definition) is 4. The minimum absolute atomic E-state index is 0.0173. The summed E-state index contributed by atoms with van der Waals surface area (Å²) in [5, 5.41) is 25.6. The van der Waals surface area contributed by atoms with Gasteiger partial charge in [0, 0.05) is 5.69 Å². The minimum atomic E-state index is -0.667. The molecular weight excluding hydrogens is 280 g/mol. The molecule has 0 saturated carbocycles. The second-order valence-corrected chi connectivity index (χ2v) is 5.86. The molecule has 1 saturated heterocycles. The van der Waals surface area contributed by atoms with Crippen LogP contribution in [0, 0.1) is 0 Å². The van der Waals surface area contributed by atoms with E-state index in [1.54, 1.807) is 6.07 Å².